The molecule has 104 valence electrons. The predicted molar refractivity (Wildman–Crippen MR) is 70.5 cm³/mol. The SMILES string of the molecule is CC(c1ccc(F)c(F)c1)N1CC2CCC(N)C2C1. The Morgan fingerprint density at radius 3 is 2.68 bits per heavy atom. The van der Waals surface area contributed by atoms with E-state index in [1.54, 1.807) is 6.07 Å². The van der Waals surface area contributed by atoms with Gasteiger partial charge in [0.15, 0.2) is 11.6 Å². The summed E-state index contributed by atoms with van der Waals surface area (Å²) in [6.45, 7) is 4.06. The standard InChI is InChI=1S/C15H20F2N2/c1-9(10-2-4-13(16)14(17)6-10)19-7-11-3-5-15(18)12(11)8-19/h2,4,6,9,11-12,15H,3,5,7-8,18H2,1H3. The summed E-state index contributed by atoms with van der Waals surface area (Å²) in [7, 11) is 0. The average Bonchev–Trinajstić information content (AvgIpc) is 2.95. The zero-order valence-corrected chi connectivity index (χ0v) is 11.2. The van der Waals surface area contributed by atoms with Gasteiger partial charge in [0.1, 0.15) is 0 Å². The van der Waals surface area contributed by atoms with Crippen LogP contribution in [0.4, 0.5) is 8.78 Å². The van der Waals surface area contributed by atoms with Gasteiger partial charge in [-0.25, -0.2) is 8.78 Å². The maximum atomic E-state index is 13.3. The van der Waals surface area contributed by atoms with Gasteiger partial charge in [0.05, 0.1) is 0 Å². The number of benzene rings is 1. The van der Waals surface area contributed by atoms with Crippen LogP contribution in [-0.4, -0.2) is 24.0 Å². The van der Waals surface area contributed by atoms with Gasteiger partial charge in [0.2, 0.25) is 0 Å². The van der Waals surface area contributed by atoms with Crippen molar-refractivity contribution < 1.29 is 8.78 Å². The van der Waals surface area contributed by atoms with E-state index in [4.69, 9.17) is 5.73 Å². The Hall–Kier alpha value is -1.00. The molecule has 2 fully saturated rings. The molecule has 0 radical (unpaired) electrons. The molecule has 3 rings (SSSR count). The van der Waals surface area contributed by atoms with Crippen LogP contribution in [0.25, 0.3) is 0 Å². The van der Waals surface area contributed by atoms with Crippen molar-refractivity contribution in [3.8, 4) is 0 Å². The summed E-state index contributed by atoms with van der Waals surface area (Å²) >= 11 is 0. The lowest BCUT2D eigenvalue weighted by atomic mass is 9.98. The molecule has 2 nitrogen and oxygen atoms in total. The van der Waals surface area contributed by atoms with E-state index < -0.39 is 11.6 Å². The second-order valence-corrected chi connectivity index (χ2v) is 5.97. The smallest absolute Gasteiger partial charge is 0.159 e. The van der Waals surface area contributed by atoms with Gasteiger partial charge >= 0.3 is 0 Å². The molecule has 1 aromatic rings. The van der Waals surface area contributed by atoms with Gasteiger partial charge in [0.25, 0.3) is 0 Å². The van der Waals surface area contributed by atoms with E-state index in [0.29, 0.717) is 17.9 Å². The lowest BCUT2D eigenvalue weighted by Crippen LogP contribution is -2.31. The maximum absolute atomic E-state index is 13.3. The molecule has 4 atom stereocenters. The van der Waals surface area contributed by atoms with E-state index in [9.17, 15) is 8.78 Å². The number of rotatable bonds is 2. The lowest BCUT2D eigenvalue weighted by Gasteiger charge is -2.26. The second kappa shape index (κ2) is 4.84. The molecule has 2 aliphatic rings. The molecular weight excluding hydrogens is 246 g/mol. The molecule has 0 aromatic heterocycles. The minimum Gasteiger partial charge on any atom is -0.327 e. The van der Waals surface area contributed by atoms with Crippen LogP contribution in [0.1, 0.15) is 31.4 Å². The largest absolute Gasteiger partial charge is 0.327 e. The van der Waals surface area contributed by atoms with Crippen LogP contribution >= 0.6 is 0 Å². The first-order chi connectivity index (χ1) is 9.06. The number of halogens is 2. The number of likely N-dealkylation sites (tertiary alicyclic amines) is 1. The van der Waals surface area contributed by atoms with Crippen molar-refractivity contribution in [3.63, 3.8) is 0 Å². The van der Waals surface area contributed by atoms with Gasteiger partial charge in [-0.15, -0.1) is 0 Å². The summed E-state index contributed by atoms with van der Waals surface area (Å²) < 4.78 is 26.3. The molecule has 19 heavy (non-hydrogen) atoms. The maximum Gasteiger partial charge on any atom is 0.159 e. The Morgan fingerprint density at radius 1 is 1.21 bits per heavy atom. The van der Waals surface area contributed by atoms with Crippen LogP contribution < -0.4 is 5.73 Å². The van der Waals surface area contributed by atoms with Crippen LogP contribution in [0.3, 0.4) is 0 Å². The molecule has 4 heteroatoms. The van der Waals surface area contributed by atoms with Crippen molar-refractivity contribution in [2.24, 2.45) is 17.6 Å². The van der Waals surface area contributed by atoms with E-state index in [1.165, 1.54) is 18.6 Å². The first-order valence-electron chi connectivity index (χ1n) is 7.01. The van der Waals surface area contributed by atoms with E-state index in [-0.39, 0.29) is 6.04 Å². The summed E-state index contributed by atoms with van der Waals surface area (Å²) in [4.78, 5) is 2.35. The first kappa shape index (κ1) is 13.0. The number of hydrogen-bond acceptors (Lipinski definition) is 2. The molecule has 1 heterocycles. The van der Waals surface area contributed by atoms with E-state index in [0.717, 1.165) is 25.1 Å². The molecule has 1 saturated carbocycles. The summed E-state index contributed by atoms with van der Waals surface area (Å²) in [6, 6.07) is 4.63. The molecule has 0 amide bonds. The molecular formula is C15H20F2N2. The van der Waals surface area contributed by atoms with Crippen LogP contribution in [0, 0.1) is 23.5 Å². The third kappa shape index (κ3) is 2.28. The van der Waals surface area contributed by atoms with E-state index in [1.807, 2.05) is 0 Å². The third-order valence-electron chi connectivity index (χ3n) is 4.91. The van der Waals surface area contributed by atoms with Crippen molar-refractivity contribution in [2.45, 2.75) is 31.8 Å². The summed E-state index contributed by atoms with van der Waals surface area (Å²) in [5.41, 5.74) is 6.97. The summed E-state index contributed by atoms with van der Waals surface area (Å²) in [6.07, 6.45) is 2.33. The molecule has 2 N–H and O–H groups in total. The highest BCUT2D eigenvalue weighted by molar-refractivity contribution is 5.21. The van der Waals surface area contributed by atoms with E-state index >= 15 is 0 Å². The molecule has 4 unspecified atom stereocenters. The Balaban J connectivity index is 1.74. The Bertz CT molecular complexity index is 477. The zero-order chi connectivity index (χ0) is 13.6. The lowest BCUT2D eigenvalue weighted by molar-refractivity contribution is 0.238. The van der Waals surface area contributed by atoms with Gasteiger partial charge in [0, 0.05) is 25.2 Å². The molecule has 1 aliphatic carbocycles. The quantitative estimate of drug-likeness (QED) is 0.891. The van der Waals surface area contributed by atoms with Crippen LogP contribution in [-0.2, 0) is 0 Å². The van der Waals surface area contributed by atoms with Gasteiger partial charge in [-0.1, -0.05) is 6.07 Å². The summed E-state index contributed by atoms with van der Waals surface area (Å²) in [5.74, 6) is -0.285. The summed E-state index contributed by atoms with van der Waals surface area (Å²) in [5, 5.41) is 0. The highest BCUT2D eigenvalue weighted by atomic mass is 19.2. The van der Waals surface area contributed by atoms with Gasteiger partial charge in [-0.2, -0.15) is 0 Å². The number of fused-ring (bicyclic) bond motifs is 1. The van der Waals surface area contributed by atoms with Crippen molar-refractivity contribution in [2.75, 3.05) is 13.1 Å². The van der Waals surface area contributed by atoms with Crippen molar-refractivity contribution in [1.82, 2.24) is 4.90 Å². The minimum atomic E-state index is -0.781. The second-order valence-electron chi connectivity index (χ2n) is 5.97. The minimum absolute atomic E-state index is 0.118. The number of nitrogens with two attached hydrogens (primary N) is 1. The predicted octanol–water partition coefficient (Wildman–Crippen LogP) is 2.69. The van der Waals surface area contributed by atoms with Crippen molar-refractivity contribution in [1.29, 1.82) is 0 Å². The highest BCUT2D eigenvalue weighted by Gasteiger charge is 2.42. The molecule has 1 aromatic carbocycles. The van der Waals surface area contributed by atoms with Gasteiger partial charge in [-0.3, -0.25) is 4.90 Å². The first-order valence-corrected chi connectivity index (χ1v) is 7.01. The van der Waals surface area contributed by atoms with Gasteiger partial charge < -0.3 is 5.73 Å². The van der Waals surface area contributed by atoms with E-state index in [2.05, 4.69) is 11.8 Å². The van der Waals surface area contributed by atoms with Crippen LogP contribution in [0.15, 0.2) is 18.2 Å². The molecule has 1 aliphatic heterocycles. The Morgan fingerprint density at radius 2 is 2.00 bits per heavy atom. The monoisotopic (exact) mass is 266 g/mol. The normalized spacial score (nSPS) is 32.5. The van der Waals surface area contributed by atoms with Crippen molar-refractivity contribution in [3.05, 3.63) is 35.4 Å². The average molecular weight is 266 g/mol. The Kier molecular flexibility index (Phi) is 3.31. The van der Waals surface area contributed by atoms with Gasteiger partial charge in [-0.05, 0) is 49.3 Å². The third-order valence-corrected chi connectivity index (χ3v) is 4.91. The fraction of sp³-hybridized carbons (Fsp3) is 0.600. The highest BCUT2D eigenvalue weighted by Crippen LogP contribution is 2.40. The number of hydrogen-bond donors (Lipinski definition) is 1. The Labute approximate surface area is 112 Å². The zero-order valence-electron chi connectivity index (χ0n) is 11.2. The fourth-order valence-electron chi connectivity index (χ4n) is 3.64. The topological polar surface area (TPSA) is 29.3 Å². The fourth-order valence-corrected chi connectivity index (χ4v) is 3.64. The number of nitrogens with zero attached hydrogens (tertiary/aromatic N) is 1. The van der Waals surface area contributed by atoms with Crippen LogP contribution in [0.2, 0.25) is 0 Å². The molecule has 0 spiro atoms. The molecule has 0 bridgehead atoms. The molecule has 1 saturated heterocycles. The van der Waals surface area contributed by atoms with Crippen LogP contribution in [0.5, 0.6) is 0 Å². The van der Waals surface area contributed by atoms with Crippen molar-refractivity contribution >= 4 is 0 Å².